The molecule has 1 amide bonds. The standard InChI is InChI=1S/C15H15FN2OS/c16-13-2-4-14(5-3-13)20-11-1-8-18-15(19)12-6-9-17-10-7-12/h2-7,9-10H,1,8,11H2,(H,18,19). The van der Waals surface area contributed by atoms with Gasteiger partial charge in [0.05, 0.1) is 0 Å². The summed E-state index contributed by atoms with van der Waals surface area (Å²) in [6.07, 6.45) is 4.05. The first-order valence-electron chi connectivity index (χ1n) is 6.32. The van der Waals surface area contributed by atoms with Crippen LogP contribution in [0.3, 0.4) is 0 Å². The van der Waals surface area contributed by atoms with E-state index >= 15 is 0 Å². The Balaban J connectivity index is 1.64. The lowest BCUT2D eigenvalue weighted by atomic mass is 10.2. The van der Waals surface area contributed by atoms with E-state index in [2.05, 4.69) is 10.3 Å². The smallest absolute Gasteiger partial charge is 0.251 e. The van der Waals surface area contributed by atoms with Crippen molar-refractivity contribution in [3.05, 3.63) is 60.2 Å². The fraction of sp³-hybridized carbons (Fsp3) is 0.200. The number of nitrogens with zero attached hydrogens (tertiary/aromatic N) is 1. The first-order valence-corrected chi connectivity index (χ1v) is 7.31. The van der Waals surface area contributed by atoms with Crippen molar-refractivity contribution in [2.24, 2.45) is 0 Å². The maximum Gasteiger partial charge on any atom is 0.251 e. The van der Waals surface area contributed by atoms with E-state index in [1.165, 1.54) is 12.1 Å². The number of amides is 1. The van der Waals surface area contributed by atoms with Gasteiger partial charge in [0.2, 0.25) is 0 Å². The molecule has 20 heavy (non-hydrogen) atoms. The highest BCUT2D eigenvalue weighted by molar-refractivity contribution is 7.99. The molecule has 5 heteroatoms. The molecule has 0 spiro atoms. The topological polar surface area (TPSA) is 42.0 Å². The molecule has 0 bridgehead atoms. The number of carbonyl (C=O) groups excluding carboxylic acids is 1. The van der Waals surface area contributed by atoms with Gasteiger partial charge in [0.15, 0.2) is 0 Å². The second kappa shape index (κ2) is 7.65. The van der Waals surface area contributed by atoms with Gasteiger partial charge in [-0.25, -0.2) is 4.39 Å². The summed E-state index contributed by atoms with van der Waals surface area (Å²) in [5, 5.41) is 2.85. The van der Waals surface area contributed by atoms with Gasteiger partial charge in [-0.1, -0.05) is 0 Å². The lowest BCUT2D eigenvalue weighted by molar-refractivity contribution is 0.0953. The van der Waals surface area contributed by atoms with Crippen LogP contribution in [0.1, 0.15) is 16.8 Å². The van der Waals surface area contributed by atoms with Gasteiger partial charge < -0.3 is 5.32 Å². The van der Waals surface area contributed by atoms with E-state index in [1.54, 1.807) is 48.4 Å². The second-order valence-corrected chi connectivity index (χ2v) is 5.32. The van der Waals surface area contributed by atoms with Crippen molar-refractivity contribution in [1.29, 1.82) is 0 Å². The number of benzene rings is 1. The van der Waals surface area contributed by atoms with Crippen LogP contribution in [0.4, 0.5) is 4.39 Å². The van der Waals surface area contributed by atoms with E-state index in [1.807, 2.05) is 0 Å². The first kappa shape index (κ1) is 14.5. The van der Waals surface area contributed by atoms with Crippen molar-refractivity contribution in [2.75, 3.05) is 12.3 Å². The van der Waals surface area contributed by atoms with Crippen molar-refractivity contribution in [2.45, 2.75) is 11.3 Å². The monoisotopic (exact) mass is 290 g/mol. The summed E-state index contributed by atoms with van der Waals surface area (Å²) in [6, 6.07) is 9.79. The molecular weight excluding hydrogens is 275 g/mol. The molecule has 1 N–H and O–H groups in total. The SMILES string of the molecule is O=C(NCCCSc1ccc(F)cc1)c1ccncc1. The summed E-state index contributed by atoms with van der Waals surface area (Å²) in [5.74, 6) is 0.570. The van der Waals surface area contributed by atoms with Gasteiger partial charge in [-0.2, -0.15) is 0 Å². The van der Waals surface area contributed by atoms with Crippen LogP contribution >= 0.6 is 11.8 Å². The summed E-state index contributed by atoms with van der Waals surface area (Å²) in [4.78, 5) is 16.6. The zero-order valence-corrected chi connectivity index (χ0v) is 11.7. The Hall–Kier alpha value is -1.88. The Morgan fingerprint density at radius 3 is 2.55 bits per heavy atom. The fourth-order valence-electron chi connectivity index (χ4n) is 1.60. The predicted octanol–water partition coefficient (Wildman–Crippen LogP) is 3.13. The van der Waals surface area contributed by atoms with E-state index < -0.39 is 0 Å². The zero-order valence-electron chi connectivity index (χ0n) is 10.9. The minimum absolute atomic E-state index is 0.0841. The van der Waals surface area contributed by atoms with Crippen molar-refractivity contribution in [3.8, 4) is 0 Å². The van der Waals surface area contributed by atoms with Gasteiger partial charge in [-0.3, -0.25) is 9.78 Å². The number of rotatable bonds is 6. The molecule has 2 aromatic rings. The number of hydrogen-bond acceptors (Lipinski definition) is 3. The van der Waals surface area contributed by atoms with E-state index in [-0.39, 0.29) is 11.7 Å². The van der Waals surface area contributed by atoms with Crippen molar-refractivity contribution >= 4 is 17.7 Å². The molecular formula is C15H15FN2OS. The van der Waals surface area contributed by atoms with Crippen molar-refractivity contribution in [1.82, 2.24) is 10.3 Å². The third-order valence-electron chi connectivity index (χ3n) is 2.63. The molecule has 0 atom stereocenters. The van der Waals surface area contributed by atoms with Crippen molar-refractivity contribution < 1.29 is 9.18 Å². The number of pyridine rings is 1. The second-order valence-electron chi connectivity index (χ2n) is 4.15. The minimum Gasteiger partial charge on any atom is -0.352 e. The van der Waals surface area contributed by atoms with Crippen molar-refractivity contribution in [3.63, 3.8) is 0 Å². The summed E-state index contributed by atoms with van der Waals surface area (Å²) >= 11 is 1.65. The lowest BCUT2D eigenvalue weighted by Gasteiger charge is -2.05. The molecule has 0 unspecified atom stereocenters. The van der Waals surface area contributed by atoms with Crippen LogP contribution in [0.25, 0.3) is 0 Å². The van der Waals surface area contributed by atoms with Crippen LogP contribution in [0, 0.1) is 5.82 Å². The van der Waals surface area contributed by atoms with Crippen LogP contribution < -0.4 is 5.32 Å². The molecule has 0 aliphatic carbocycles. The van der Waals surface area contributed by atoms with Crippen LogP contribution in [0.15, 0.2) is 53.7 Å². The molecule has 0 aliphatic rings. The third-order valence-corrected chi connectivity index (χ3v) is 3.73. The fourth-order valence-corrected chi connectivity index (χ4v) is 2.45. The van der Waals surface area contributed by atoms with E-state index in [9.17, 15) is 9.18 Å². The number of thioether (sulfide) groups is 1. The number of aromatic nitrogens is 1. The maximum atomic E-state index is 12.7. The van der Waals surface area contributed by atoms with Crippen LogP contribution in [0.2, 0.25) is 0 Å². The number of nitrogens with one attached hydrogen (secondary N) is 1. The molecule has 0 fully saturated rings. The Morgan fingerprint density at radius 1 is 1.15 bits per heavy atom. The minimum atomic E-state index is -0.223. The summed E-state index contributed by atoms with van der Waals surface area (Å²) < 4.78 is 12.7. The average Bonchev–Trinajstić information content (AvgIpc) is 2.49. The summed E-state index contributed by atoms with van der Waals surface area (Å²) in [7, 11) is 0. The Morgan fingerprint density at radius 2 is 1.85 bits per heavy atom. The first-order chi connectivity index (χ1) is 9.75. The third kappa shape index (κ3) is 4.66. The predicted molar refractivity (Wildman–Crippen MR) is 78.3 cm³/mol. The molecule has 0 saturated heterocycles. The molecule has 1 aromatic carbocycles. The Bertz CT molecular complexity index is 546. The van der Waals surface area contributed by atoms with Crippen LogP contribution in [-0.4, -0.2) is 23.2 Å². The zero-order chi connectivity index (χ0) is 14.2. The molecule has 0 radical (unpaired) electrons. The van der Waals surface area contributed by atoms with Gasteiger partial charge in [-0.15, -0.1) is 11.8 Å². The van der Waals surface area contributed by atoms with Gasteiger partial charge in [0, 0.05) is 29.4 Å². The molecule has 3 nitrogen and oxygen atoms in total. The van der Waals surface area contributed by atoms with Gasteiger partial charge in [-0.05, 0) is 48.6 Å². The van der Waals surface area contributed by atoms with E-state index in [4.69, 9.17) is 0 Å². The van der Waals surface area contributed by atoms with Gasteiger partial charge >= 0.3 is 0 Å². The van der Waals surface area contributed by atoms with E-state index in [0.717, 1.165) is 17.1 Å². The highest BCUT2D eigenvalue weighted by atomic mass is 32.2. The normalized spacial score (nSPS) is 10.2. The largest absolute Gasteiger partial charge is 0.352 e. The number of halogens is 1. The molecule has 104 valence electrons. The van der Waals surface area contributed by atoms with E-state index in [0.29, 0.717) is 12.1 Å². The molecule has 1 heterocycles. The Labute approximate surface area is 121 Å². The highest BCUT2D eigenvalue weighted by Crippen LogP contribution is 2.18. The summed E-state index contributed by atoms with van der Waals surface area (Å²) in [5.41, 5.74) is 0.617. The molecule has 2 rings (SSSR count). The number of hydrogen-bond donors (Lipinski definition) is 1. The molecule has 0 saturated carbocycles. The van der Waals surface area contributed by atoms with Gasteiger partial charge in [0.25, 0.3) is 5.91 Å². The summed E-state index contributed by atoms with van der Waals surface area (Å²) in [6.45, 7) is 0.620. The molecule has 1 aromatic heterocycles. The average molecular weight is 290 g/mol. The molecule has 0 aliphatic heterocycles. The maximum absolute atomic E-state index is 12.7. The quantitative estimate of drug-likeness (QED) is 0.656. The van der Waals surface area contributed by atoms with Crippen LogP contribution in [0.5, 0.6) is 0 Å². The van der Waals surface area contributed by atoms with Crippen LogP contribution in [-0.2, 0) is 0 Å². The lowest BCUT2D eigenvalue weighted by Crippen LogP contribution is -2.24. The highest BCUT2D eigenvalue weighted by Gasteiger charge is 2.03. The Kier molecular flexibility index (Phi) is 5.55. The number of carbonyl (C=O) groups is 1. The van der Waals surface area contributed by atoms with Gasteiger partial charge in [0.1, 0.15) is 5.82 Å².